The van der Waals surface area contributed by atoms with Crippen LogP contribution in [0.4, 0.5) is 5.00 Å². The zero-order chi connectivity index (χ0) is 14.1. The third kappa shape index (κ3) is 6.38. The molecule has 1 heterocycles. The van der Waals surface area contributed by atoms with Gasteiger partial charge in [-0.15, -0.1) is 11.3 Å². The molecule has 0 saturated carbocycles. The molecule has 19 heavy (non-hydrogen) atoms. The second kappa shape index (κ2) is 8.69. The third-order valence-corrected chi connectivity index (χ3v) is 3.47. The molecule has 0 unspecified atom stereocenters. The molecule has 5 heteroatoms. The highest BCUT2D eigenvalue weighted by Gasteiger charge is 2.09. The fourth-order valence-corrected chi connectivity index (χ4v) is 2.40. The van der Waals surface area contributed by atoms with E-state index < -0.39 is 0 Å². The molecule has 4 nitrogen and oxygen atoms in total. The van der Waals surface area contributed by atoms with E-state index in [0.717, 1.165) is 29.1 Å². The molecule has 1 rings (SSSR count). The minimum absolute atomic E-state index is 0.0313. The van der Waals surface area contributed by atoms with Crippen molar-refractivity contribution < 1.29 is 14.3 Å². The highest BCUT2D eigenvalue weighted by atomic mass is 32.1. The maximum absolute atomic E-state index is 11.5. The number of thiophene rings is 1. The van der Waals surface area contributed by atoms with E-state index in [1.54, 1.807) is 0 Å². The summed E-state index contributed by atoms with van der Waals surface area (Å²) >= 11 is 1.42. The second-order valence-electron chi connectivity index (χ2n) is 4.31. The predicted octanol–water partition coefficient (Wildman–Crippen LogP) is 3.37. The lowest BCUT2D eigenvalue weighted by atomic mass is 10.2. The van der Waals surface area contributed by atoms with E-state index in [9.17, 15) is 9.59 Å². The summed E-state index contributed by atoms with van der Waals surface area (Å²) in [6.07, 6.45) is 3.55. The van der Waals surface area contributed by atoms with Gasteiger partial charge in [0.1, 0.15) is 0 Å². The predicted molar refractivity (Wildman–Crippen MR) is 77.4 cm³/mol. The number of hydrogen-bond acceptors (Lipinski definition) is 4. The molecule has 1 aromatic heterocycles. The SMILES string of the molecule is CCCCC(=O)Nc1ccc(CC(=O)OCCC)s1. The molecule has 0 aliphatic carbocycles. The molecule has 1 N–H and O–H groups in total. The van der Waals surface area contributed by atoms with Gasteiger partial charge >= 0.3 is 5.97 Å². The van der Waals surface area contributed by atoms with E-state index in [4.69, 9.17) is 4.74 Å². The van der Waals surface area contributed by atoms with Gasteiger partial charge in [0.15, 0.2) is 0 Å². The van der Waals surface area contributed by atoms with Crippen LogP contribution in [0.3, 0.4) is 0 Å². The Morgan fingerprint density at radius 1 is 1.26 bits per heavy atom. The van der Waals surface area contributed by atoms with Gasteiger partial charge in [-0.1, -0.05) is 20.3 Å². The molecule has 0 radical (unpaired) electrons. The van der Waals surface area contributed by atoms with Crippen molar-refractivity contribution in [3.8, 4) is 0 Å². The maximum atomic E-state index is 11.5. The topological polar surface area (TPSA) is 55.4 Å². The molecular formula is C14H21NO3S. The normalized spacial score (nSPS) is 10.2. The molecule has 0 bridgehead atoms. The van der Waals surface area contributed by atoms with Crippen molar-refractivity contribution in [3.63, 3.8) is 0 Å². The first kappa shape index (κ1) is 15.7. The molecule has 0 aliphatic heterocycles. The number of nitrogens with one attached hydrogen (secondary N) is 1. The standard InChI is InChI=1S/C14H21NO3S/c1-3-5-6-12(16)15-13-8-7-11(19-13)10-14(17)18-9-4-2/h7-8H,3-6,9-10H2,1-2H3,(H,15,16). The van der Waals surface area contributed by atoms with E-state index in [-0.39, 0.29) is 18.3 Å². The molecule has 0 atom stereocenters. The van der Waals surface area contributed by atoms with Crippen LogP contribution in [-0.4, -0.2) is 18.5 Å². The summed E-state index contributed by atoms with van der Waals surface area (Å²) < 4.78 is 5.02. The third-order valence-electron chi connectivity index (χ3n) is 2.47. The van der Waals surface area contributed by atoms with Gasteiger partial charge in [-0.3, -0.25) is 9.59 Å². The average Bonchev–Trinajstić information content (AvgIpc) is 2.81. The van der Waals surface area contributed by atoms with Crippen LogP contribution in [0.5, 0.6) is 0 Å². The van der Waals surface area contributed by atoms with Crippen LogP contribution >= 0.6 is 11.3 Å². The summed E-state index contributed by atoms with van der Waals surface area (Å²) in [5, 5.41) is 3.63. The lowest BCUT2D eigenvalue weighted by Crippen LogP contribution is -2.09. The number of carbonyl (C=O) groups excluding carboxylic acids is 2. The van der Waals surface area contributed by atoms with Crippen molar-refractivity contribution in [1.82, 2.24) is 0 Å². The van der Waals surface area contributed by atoms with Crippen LogP contribution in [0.25, 0.3) is 0 Å². The molecule has 0 spiro atoms. The van der Waals surface area contributed by atoms with Gasteiger partial charge in [0.2, 0.25) is 5.91 Å². The number of unbranched alkanes of at least 4 members (excludes halogenated alkanes) is 1. The summed E-state index contributed by atoms with van der Waals surface area (Å²) in [7, 11) is 0. The van der Waals surface area contributed by atoms with Crippen LogP contribution in [0.2, 0.25) is 0 Å². The van der Waals surface area contributed by atoms with E-state index >= 15 is 0 Å². The molecule has 0 aliphatic rings. The minimum Gasteiger partial charge on any atom is -0.465 e. The molecule has 106 valence electrons. The van der Waals surface area contributed by atoms with Gasteiger partial charge in [-0.05, 0) is 25.0 Å². The number of carbonyl (C=O) groups is 2. The van der Waals surface area contributed by atoms with Crippen LogP contribution in [0, 0.1) is 0 Å². The average molecular weight is 283 g/mol. The zero-order valence-corrected chi connectivity index (χ0v) is 12.3. The van der Waals surface area contributed by atoms with Crippen molar-refractivity contribution in [2.24, 2.45) is 0 Å². The van der Waals surface area contributed by atoms with Crippen LogP contribution < -0.4 is 5.32 Å². The lowest BCUT2D eigenvalue weighted by molar-refractivity contribution is -0.142. The summed E-state index contributed by atoms with van der Waals surface area (Å²) in [4.78, 5) is 23.9. The smallest absolute Gasteiger partial charge is 0.311 e. The highest BCUT2D eigenvalue weighted by molar-refractivity contribution is 7.16. The Hall–Kier alpha value is -1.36. The molecular weight excluding hydrogens is 262 g/mol. The summed E-state index contributed by atoms with van der Waals surface area (Å²) in [5.41, 5.74) is 0. The Morgan fingerprint density at radius 2 is 2.05 bits per heavy atom. The monoisotopic (exact) mass is 283 g/mol. The zero-order valence-electron chi connectivity index (χ0n) is 11.5. The lowest BCUT2D eigenvalue weighted by Gasteiger charge is -2.01. The van der Waals surface area contributed by atoms with Gasteiger partial charge in [-0.2, -0.15) is 0 Å². The molecule has 1 aromatic rings. The van der Waals surface area contributed by atoms with E-state index in [0.29, 0.717) is 13.0 Å². The Bertz CT molecular complexity index is 378. The fourth-order valence-electron chi connectivity index (χ4n) is 1.49. The van der Waals surface area contributed by atoms with Crippen molar-refractivity contribution >= 4 is 28.2 Å². The van der Waals surface area contributed by atoms with E-state index in [2.05, 4.69) is 12.2 Å². The van der Waals surface area contributed by atoms with Crippen molar-refractivity contribution in [3.05, 3.63) is 17.0 Å². The Kier molecular flexibility index (Phi) is 7.18. The number of anilines is 1. The van der Waals surface area contributed by atoms with Gasteiger partial charge in [0, 0.05) is 11.3 Å². The largest absolute Gasteiger partial charge is 0.465 e. The van der Waals surface area contributed by atoms with E-state index in [1.807, 2.05) is 19.1 Å². The van der Waals surface area contributed by atoms with Crippen LogP contribution in [0.15, 0.2) is 12.1 Å². The number of ether oxygens (including phenoxy) is 1. The van der Waals surface area contributed by atoms with Crippen LogP contribution in [0.1, 0.15) is 44.4 Å². The second-order valence-corrected chi connectivity index (χ2v) is 5.48. The number of esters is 1. The Morgan fingerprint density at radius 3 is 2.74 bits per heavy atom. The van der Waals surface area contributed by atoms with Crippen molar-refractivity contribution in [2.45, 2.75) is 46.0 Å². The van der Waals surface area contributed by atoms with Crippen molar-refractivity contribution in [2.75, 3.05) is 11.9 Å². The van der Waals surface area contributed by atoms with Gasteiger partial charge in [-0.25, -0.2) is 0 Å². The van der Waals surface area contributed by atoms with Gasteiger partial charge in [0.25, 0.3) is 0 Å². The highest BCUT2D eigenvalue weighted by Crippen LogP contribution is 2.22. The van der Waals surface area contributed by atoms with Crippen molar-refractivity contribution in [1.29, 1.82) is 0 Å². The van der Waals surface area contributed by atoms with Gasteiger partial charge in [0.05, 0.1) is 18.0 Å². The molecule has 0 saturated heterocycles. The number of hydrogen-bond donors (Lipinski definition) is 1. The maximum Gasteiger partial charge on any atom is 0.311 e. The number of rotatable bonds is 8. The minimum atomic E-state index is -0.215. The molecule has 0 aromatic carbocycles. The fraction of sp³-hybridized carbons (Fsp3) is 0.571. The Balaban J connectivity index is 2.39. The quantitative estimate of drug-likeness (QED) is 0.744. The summed E-state index contributed by atoms with van der Waals surface area (Å²) in [6, 6.07) is 3.68. The Labute approximate surface area is 118 Å². The van der Waals surface area contributed by atoms with Crippen LogP contribution in [-0.2, 0) is 20.7 Å². The summed E-state index contributed by atoms with van der Waals surface area (Å²) in [6.45, 7) is 4.48. The molecule has 0 fully saturated rings. The number of amides is 1. The first-order chi connectivity index (χ1) is 9.15. The van der Waals surface area contributed by atoms with E-state index in [1.165, 1.54) is 11.3 Å². The summed E-state index contributed by atoms with van der Waals surface area (Å²) in [5.74, 6) is -0.184. The van der Waals surface area contributed by atoms with Gasteiger partial charge < -0.3 is 10.1 Å². The first-order valence-electron chi connectivity index (χ1n) is 6.69. The first-order valence-corrected chi connectivity index (χ1v) is 7.51. The molecule has 1 amide bonds.